The molecule has 0 aliphatic heterocycles. The van der Waals surface area contributed by atoms with E-state index in [4.69, 9.17) is 4.98 Å². The average molecular weight is 779 g/mol. The summed E-state index contributed by atoms with van der Waals surface area (Å²) in [6.45, 7) is 17.9. The summed E-state index contributed by atoms with van der Waals surface area (Å²) in [4.78, 5) is 9.32. The molecule has 0 bridgehead atoms. The van der Waals surface area contributed by atoms with E-state index >= 15 is 0 Å². The Morgan fingerprint density at radius 2 is 1.30 bits per heavy atom. The Balaban J connectivity index is 0.000000182. The number of fused-ring (bicyclic) bond motifs is 5. The second-order valence-electron chi connectivity index (χ2n) is 14.6. The van der Waals surface area contributed by atoms with Crippen LogP contribution in [0, 0.1) is 12.1 Å². The van der Waals surface area contributed by atoms with E-state index in [1.165, 1.54) is 44.2 Å². The summed E-state index contributed by atoms with van der Waals surface area (Å²) in [5, 5.41) is 2.63. The van der Waals surface area contributed by atoms with Gasteiger partial charge in [-0.2, -0.15) is 0 Å². The van der Waals surface area contributed by atoms with Crippen molar-refractivity contribution in [3.63, 3.8) is 0 Å². The van der Waals surface area contributed by atoms with Crippen LogP contribution in [0.2, 0.25) is 0 Å². The molecule has 0 N–H and O–H groups in total. The number of pyridine rings is 2. The zero-order valence-electron chi connectivity index (χ0n) is 28.1. The summed E-state index contributed by atoms with van der Waals surface area (Å²) in [7, 11) is 0. The molecular weight excluding hydrogens is 737 g/mol. The maximum absolute atomic E-state index is 4.75. The number of rotatable bonds is 2. The predicted molar refractivity (Wildman–Crippen MR) is 189 cm³/mol. The van der Waals surface area contributed by atoms with Gasteiger partial charge in [-0.15, -0.1) is 71.3 Å². The maximum atomic E-state index is 4.75. The van der Waals surface area contributed by atoms with Crippen molar-refractivity contribution >= 4 is 10.8 Å². The van der Waals surface area contributed by atoms with Crippen molar-refractivity contribution in [2.24, 2.45) is 0 Å². The van der Waals surface area contributed by atoms with Gasteiger partial charge in [0.25, 0.3) is 0 Å². The molecule has 235 valence electrons. The molecule has 0 saturated heterocycles. The smallest absolute Gasteiger partial charge is 0.0198 e. The van der Waals surface area contributed by atoms with Gasteiger partial charge in [0.1, 0.15) is 0 Å². The Morgan fingerprint density at radius 1 is 0.609 bits per heavy atom. The molecule has 0 spiro atoms. The van der Waals surface area contributed by atoms with E-state index in [1.54, 1.807) is 0 Å². The minimum absolute atomic E-state index is 0. The number of hydrogen-bond donors (Lipinski definition) is 0. The van der Waals surface area contributed by atoms with Crippen LogP contribution < -0.4 is 0 Å². The first-order chi connectivity index (χ1) is 21.4. The van der Waals surface area contributed by atoms with E-state index in [0.29, 0.717) is 0 Å². The summed E-state index contributed by atoms with van der Waals surface area (Å²) in [6.07, 6.45) is 3.90. The molecule has 2 aromatic heterocycles. The van der Waals surface area contributed by atoms with E-state index in [9.17, 15) is 0 Å². The van der Waals surface area contributed by atoms with Gasteiger partial charge in [-0.1, -0.05) is 104 Å². The molecule has 4 aromatic carbocycles. The molecule has 7 rings (SSSR count). The summed E-state index contributed by atoms with van der Waals surface area (Å²) in [6, 6.07) is 40.8. The van der Waals surface area contributed by atoms with Crippen LogP contribution in [0.5, 0.6) is 0 Å². The topological polar surface area (TPSA) is 25.8 Å². The van der Waals surface area contributed by atoms with Gasteiger partial charge >= 0.3 is 0 Å². The van der Waals surface area contributed by atoms with Crippen LogP contribution in [0.15, 0.2) is 109 Å². The van der Waals surface area contributed by atoms with E-state index in [2.05, 4.69) is 157 Å². The van der Waals surface area contributed by atoms with Crippen molar-refractivity contribution in [1.29, 1.82) is 0 Å². The number of hydrogen-bond acceptors (Lipinski definition) is 2. The van der Waals surface area contributed by atoms with Crippen molar-refractivity contribution in [3.05, 3.63) is 144 Å². The Morgan fingerprint density at radius 3 is 1.93 bits per heavy atom. The molecule has 0 fully saturated rings. The van der Waals surface area contributed by atoms with Gasteiger partial charge in [0.05, 0.1) is 0 Å². The third-order valence-electron chi connectivity index (χ3n) is 8.97. The fourth-order valence-electron chi connectivity index (χ4n) is 6.41. The molecule has 0 atom stereocenters. The number of nitrogens with zero attached hydrogens (tertiary/aromatic N) is 2. The van der Waals surface area contributed by atoms with Crippen molar-refractivity contribution < 1.29 is 20.1 Å². The van der Waals surface area contributed by atoms with Gasteiger partial charge < -0.3 is 9.97 Å². The second-order valence-corrected chi connectivity index (χ2v) is 14.6. The Hall–Kier alpha value is -3.91. The number of benzene rings is 4. The van der Waals surface area contributed by atoms with E-state index in [-0.39, 0.29) is 36.4 Å². The van der Waals surface area contributed by atoms with Gasteiger partial charge in [0.15, 0.2) is 0 Å². The monoisotopic (exact) mass is 779 g/mol. The Kier molecular flexibility index (Phi) is 9.24. The van der Waals surface area contributed by atoms with Crippen LogP contribution in [-0.2, 0) is 36.4 Å². The molecule has 46 heavy (non-hydrogen) atoms. The first kappa shape index (κ1) is 33.5. The van der Waals surface area contributed by atoms with Crippen LogP contribution >= 0.6 is 0 Å². The van der Waals surface area contributed by atoms with Crippen LogP contribution in [0.3, 0.4) is 0 Å². The molecule has 1 aliphatic carbocycles. The Bertz CT molecular complexity index is 1900. The summed E-state index contributed by atoms with van der Waals surface area (Å²) in [5.74, 6) is 0. The zero-order valence-corrected chi connectivity index (χ0v) is 30.5. The molecule has 0 unspecified atom stereocenters. The fourth-order valence-corrected chi connectivity index (χ4v) is 6.41. The Labute approximate surface area is 288 Å². The van der Waals surface area contributed by atoms with Gasteiger partial charge in [-0.3, -0.25) is 0 Å². The molecule has 1 radical (unpaired) electrons. The van der Waals surface area contributed by atoms with Crippen molar-refractivity contribution in [1.82, 2.24) is 9.97 Å². The summed E-state index contributed by atoms with van der Waals surface area (Å²) >= 11 is 0. The standard InChI is InChI=1S/C24H18N.C19H24N.Ir/c1-24(2)21-18-11-7-6-8-16(18)12-13-19(21)20-14-15-25-23(22(20)24)17-9-4-3-5-10-17;1-18(2,3)15-9-7-14(8-10-15)17-12-11-16(13-20-17)19(4,5)6;/h3-9,11-15H,1-2H3;7,9-13H,1-6H3;/q2*-1;. The van der Waals surface area contributed by atoms with Gasteiger partial charge in [0, 0.05) is 37.9 Å². The molecule has 3 heteroatoms. The fraction of sp³-hybridized carbons (Fsp3) is 0.256. The van der Waals surface area contributed by atoms with Crippen molar-refractivity contribution in [3.8, 4) is 33.6 Å². The third-order valence-corrected chi connectivity index (χ3v) is 8.97. The van der Waals surface area contributed by atoms with Crippen molar-refractivity contribution in [2.45, 2.75) is 71.6 Å². The van der Waals surface area contributed by atoms with Crippen LogP contribution in [0.1, 0.15) is 77.6 Å². The van der Waals surface area contributed by atoms with Crippen LogP contribution in [0.25, 0.3) is 44.4 Å². The molecule has 0 saturated carbocycles. The maximum Gasteiger partial charge on any atom is 0.0198 e. The van der Waals surface area contributed by atoms with E-state index in [0.717, 1.165) is 22.5 Å². The first-order valence-corrected chi connectivity index (χ1v) is 15.8. The molecular formula is C43H42IrN2-2. The second kappa shape index (κ2) is 12.7. The zero-order chi connectivity index (χ0) is 32.0. The van der Waals surface area contributed by atoms with E-state index in [1.807, 2.05) is 24.5 Å². The first-order valence-electron chi connectivity index (χ1n) is 15.8. The van der Waals surface area contributed by atoms with E-state index < -0.39 is 0 Å². The normalized spacial score (nSPS) is 13.2. The SMILES string of the molecule is CC(C)(C)c1c[c-]c(-c2ccc(C(C)(C)C)cn2)cc1.CC1(C)c2c(ccnc2-c2[c-]cccc2)-c2ccc3ccccc3c21.[Ir]. The molecule has 2 nitrogen and oxygen atoms in total. The molecule has 6 aromatic rings. The predicted octanol–water partition coefficient (Wildman–Crippen LogP) is 11.1. The molecule has 1 aliphatic rings. The van der Waals surface area contributed by atoms with Gasteiger partial charge in [0.2, 0.25) is 0 Å². The summed E-state index contributed by atoms with van der Waals surface area (Å²) in [5.41, 5.74) is 12.3. The minimum Gasteiger partial charge on any atom is -0.304 e. The van der Waals surface area contributed by atoms with Gasteiger partial charge in [-0.25, -0.2) is 0 Å². The van der Waals surface area contributed by atoms with Crippen LogP contribution in [-0.4, -0.2) is 9.97 Å². The number of aromatic nitrogens is 2. The van der Waals surface area contributed by atoms with Crippen molar-refractivity contribution in [2.75, 3.05) is 0 Å². The third kappa shape index (κ3) is 6.37. The average Bonchev–Trinajstić information content (AvgIpc) is 3.28. The quantitative estimate of drug-likeness (QED) is 0.164. The summed E-state index contributed by atoms with van der Waals surface area (Å²) < 4.78 is 0. The minimum atomic E-state index is -0.0984. The van der Waals surface area contributed by atoms with Crippen LogP contribution in [0.4, 0.5) is 0 Å². The molecule has 0 amide bonds. The largest absolute Gasteiger partial charge is 0.304 e. The van der Waals surface area contributed by atoms with Gasteiger partial charge in [-0.05, 0) is 66.9 Å². The molecule has 2 heterocycles.